The van der Waals surface area contributed by atoms with Gasteiger partial charge in [-0.2, -0.15) is 11.8 Å². The zero-order valence-electron chi connectivity index (χ0n) is 13.7. The number of thioether (sulfide) groups is 1. The minimum Gasteiger partial charge on any atom is -0.357 e. The summed E-state index contributed by atoms with van der Waals surface area (Å²) in [5.74, 6) is 0.951. The Kier molecular flexibility index (Phi) is 8.38. The lowest BCUT2D eigenvalue weighted by atomic mass is 10.1. The molecule has 4 nitrogen and oxygen atoms in total. The van der Waals surface area contributed by atoms with Crippen LogP contribution in [0, 0.1) is 0 Å². The van der Waals surface area contributed by atoms with Crippen molar-refractivity contribution < 1.29 is 0 Å². The minimum absolute atomic E-state index is 0.204. The Morgan fingerprint density at radius 1 is 1.20 bits per heavy atom. The second kappa shape index (κ2) is 9.50. The molecule has 1 rings (SSSR count). The molecular weight excluding hydrogens is 268 g/mol. The lowest BCUT2D eigenvalue weighted by Crippen LogP contribution is -2.43. The average Bonchev–Trinajstić information content (AvgIpc) is 2.46. The molecule has 0 saturated carbocycles. The van der Waals surface area contributed by atoms with Crippen LogP contribution in [0.25, 0.3) is 0 Å². The van der Waals surface area contributed by atoms with Gasteiger partial charge in [-0.05, 0) is 53.0 Å². The lowest BCUT2D eigenvalue weighted by Gasteiger charge is -2.26. The first-order valence-electron chi connectivity index (χ1n) is 7.87. The van der Waals surface area contributed by atoms with Gasteiger partial charge >= 0.3 is 0 Å². The molecule has 0 aliphatic carbocycles. The summed E-state index contributed by atoms with van der Waals surface area (Å²) in [5.41, 5.74) is 0. The number of nitrogens with one attached hydrogen (secondary N) is 2. The van der Waals surface area contributed by atoms with Crippen LogP contribution in [0.3, 0.4) is 0 Å². The molecule has 20 heavy (non-hydrogen) atoms. The number of aliphatic imine (C=N–C) groups is 1. The maximum absolute atomic E-state index is 4.69. The number of likely N-dealkylation sites (tertiary alicyclic amines) is 1. The zero-order chi connectivity index (χ0) is 14.8. The summed E-state index contributed by atoms with van der Waals surface area (Å²) in [7, 11) is 0. The molecule has 0 bridgehead atoms. The monoisotopic (exact) mass is 300 g/mol. The maximum atomic E-state index is 4.69. The molecule has 1 aliphatic heterocycles. The molecule has 0 unspecified atom stereocenters. The first-order valence-corrected chi connectivity index (χ1v) is 9.09. The van der Waals surface area contributed by atoms with E-state index < -0.39 is 0 Å². The van der Waals surface area contributed by atoms with Crippen molar-refractivity contribution in [1.82, 2.24) is 15.5 Å². The summed E-state index contributed by atoms with van der Waals surface area (Å²) >= 11 is 1.86. The molecule has 1 heterocycles. The van der Waals surface area contributed by atoms with E-state index in [9.17, 15) is 0 Å². The zero-order valence-corrected chi connectivity index (χ0v) is 14.5. The van der Waals surface area contributed by atoms with Crippen LogP contribution in [-0.2, 0) is 0 Å². The van der Waals surface area contributed by atoms with Crippen molar-refractivity contribution in [3.8, 4) is 0 Å². The van der Waals surface area contributed by atoms with Crippen LogP contribution in [0.4, 0.5) is 0 Å². The standard InChI is InChI=1S/C15H32N4S/c1-5-16-14(18-13-15(2,3)20-4)17-9-12-19-10-7-6-8-11-19/h5-13H2,1-4H3,(H2,16,17,18). The van der Waals surface area contributed by atoms with Gasteiger partial charge in [-0.25, -0.2) is 0 Å². The number of nitrogens with zero attached hydrogens (tertiary/aromatic N) is 2. The Bertz CT molecular complexity index is 286. The van der Waals surface area contributed by atoms with E-state index in [2.05, 4.69) is 42.6 Å². The highest BCUT2D eigenvalue weighted by Crippen LogP contribution is 2.20. The SMILES string of the molecule is CCNC(=NCC(C)(C)SC)NCCN1CCCCC1. The highest BCUT2D eigenvalue weighted by molar-refractivity contribution is 7.99. The fourth-order valence-corrected chi connectivity index (χ4v) is 2.38. The van der Waals surface area contributed by atoms with Gasteiger partial charge in [-0.3, -0.25) is 4.99 Å². The predicted octanol–water partition coefficient (Wildman–Crippen LogP) is 2.17. The van der Waals surface area contributed by atoms with Crippen LogP contribution in [0.1, 0.15) is 40.0 Å². The number of hydrogen-bond donors (Lipinski definition) is 2. The Morgan fingerprint density at radius 2 is 1.90 bits per heavy atom. The fourth-order valence-electron chi connectivity index (χ4n) is 2.19. The van der Waals surface area contributed by atoms with Crippen LogP contribution in [0.15, 0.2) is 4.99 Å². The van der Waals surface area contributed by atoms with Crippen molar-refractivity contribution in [3.05, 3.63) is 0 Å². The number of hydrogen-bond acceptors (Lipinski definition) is 3. The van der Waals surface area contributed by atoms with Crippen LogP contribution < -0.4 is 10.6 Å². The summed E-state index contributed by atoms with van der Waals surface area (Å²) < 4.78 is 0.204. The van der Waals surface area contributed by atoms with E-state index in [1.54, 1.807) is 0 Å². The number of piperidine rings is 1. The van der Waals surface area contributed by atoms with Crippen LogP contribution >= 0.6 is 11.8 Å². The molecule has 0 aromatic carbocycles. The third kappa shape index (κ3) is 7.39. The first-order chi connectivity index (χ1) is 9.57. The molecule has 2 N–H and O–H groups in total. The quantitative estimate of drug-likeness (QED) is 0.558. The van der Waals surface area contributed by atoms with Gasteiger partial charge in [0.25, 0.3) is 0 Å². The van der Waals surface area contributed by atoms with E-state index in [0.717, 1.165) is 32.1 Å². The van der Waals surface area contributed by atoms with Gasteiger partial charge in [0, 0.05) is 24.4 Å². The maximum Gasteiger partial charge on any atom is 0.191 e. The Balaban J connectivity index is 2.32. The van der Waals surface area contributed by atoms with Crippen LogP contribution in [0.2, 0.25) is 0 Å². The molecule has 118 valence electrons. The molecule has 5 heteroatoms. The Hall–Kier alpha value is -0.420. The largest absolute Gasteiger partial charge is 0.357 e. The highest BCUT2D eigenvalue weighted by atomic mass is 32.2. The molecule has 0 aromatic rings. The van der Waals surface area contributed by atoms with Crippen molar-refractivity contribution in [3.63, 3.8) is 0 Å². The minimum atomic E-state index is 0.204. The molecule has 1 saturated heterocycles. The van der Waals surface area contributed by atoms with Gasteiger partial charge in [0.05, 0.1) is 6.54 Å². The summed E-state index contributed by atoms with van der Waals surface area (Å²) in [6.07, 6.45) is 6.26. The smallest absolute Gasteiger partial charge is 0.191 e. The Morgan fingerprint density at radius 3 is 2.50 bits per heavy atom. The topological polar surface area (TPSA) is 39.7 Å². The third-order valence-electron chi connectivity index (χ3n) is 3.68. The molecule has 1 aliphatic rings. The van der Waals surface area contributed by atoms with Crippen molar-refractivity contribution in [2.75, 3.05) is 45.5 Å². The van der Waals surface area contributed by atoms with Crippen LogP contribution in [0.5, 0.6) is 0 Å². The molecular formula is C15H32N4S. The highest BCUT2D eigenvalue weighted by Gasteiger charge is 2.15. The molecule has 0 atom stereocenters. The van der Waals surface area contributed by atoms with E-state index in [0.29, 0.717) is 0 Å². The van der Waals surface area contributed by atoms with E-state index in [4.69, 9.17) is 4.99 Å². The van der Waals surface area contributed by atoms with Gasteiger partial charge < -0.3 is 15.5 Å². The van der Waals surface area contributed by atoms with Gasteiger partial charge in [0.15, 0.2) is 5.96 Å². The summed E-state index contributed by atoms with van der Waals surface area (Å²) in [4.78, 5) is 7.24. The molecule has 0 radical (unpaired) electrons. The van der Waals surface area contributed by atoms with Crippen molar-refractivity contribution >= 4 is 17.7 Å². The molecule has 1 fully saturated rings. The van der Waals surface area contributed by atoms with Gasteiger partial charge in [0.2, 0.25) is 0 Å². The van der Waals surface area contributed by atoms with Gasteiger partial charge in [-0.1, -0.05) is 6.42 Å². The van der Waals surface area contributed by atoms with E-state index >= 15 is 0 Å². The summed E-state index contributed by atoms with van der Waals surface area (Å²) in [5, 5.41) is 6.78. The van der Waals surface area contributed by atoms with E-state index in [1.165, 1.54) is 32.4 Å². The summed E-state index contributed by atoms with van der Waals surface area (Å²) in [6.45, 7) is 13.0. The van der Waals surface area contributed by atoms with Gasteiger partial charge in [0.1, 0.15) is 0 Å². The second-order valence-electron chi connectivity index (χ2n) is 5.99. The Labute approximate surface area is 129 Å². The molecule has 0 aromatic heterocycles. The molecule has 0 spiro atoms. The normalized spacial score (nSPS) is 18.1. The van der Waals surface area contributed by atoms with Crippen molar-refractivity contribution in [2.45, 2.75) is 44.8 Å². The number of guanidine groups is 1. The van der Waals surface area contributed by atoms with Crippen molar-refractivity contribution in [1.29, 1.82) is 0 Å². The summed E-state index contributed by atoms with van der Waals surface area (Å²) in [6, 6.07) is 0. The third-order valence-corrected chi connectivity index (χ3v) is 4.92. The van der Waals surface area contributed by atoms with E-state index in [-0.39, 0.29) is 4.75 Å². The van der Waals surface area contributed by atoms with Gasteiger partial charge in [-0.15, -0.1) is 0 Å². The van der Waals surface area contributed by atoms with E-state index in [1.807, 2.05) is 11.8 Å². The second-order valence-corrected chi connectivity index (χ2v) is 7.50. The first kappa shape index (κ1) is 17.6. The molecule has 0 amide bonds. The lowest BCUT2D eigenvalue weighted by molar-refractivity contribution is 0.232. The number of rotatable bonds is 7. The van der Waals surface area contributed by atoms with Crippen molar-refractivity contribution in [2.24, 2.45) is 4.99 Å². The average molecular weight is 301 g/mol. The van der Waals surface area contributed by atoms with Crippen LogP contribution in [-0.4, -0.2) is 61.1 Å². The fraction of sp³-hybridized carbons (Fsp3) is 0.933. The predicted molar refractivity (Wildman–Crippen MR) is 91.9 cm³/mol.